The number of aryl methyl sites for hydroxylation is 1. The number of nitrogens with one attached hydrogen (secondary N) is 2. The summed E-state index contributed by atoms with van der Waals surface area (Å²) in [6.07, 6.45) is 4.76. The molecule has 0 fully saturated rings. The zero-order valence-electron chi connectivity index (χ0n) is 12.5. The quantitative estimate of drug-likeness (QED) is 0.445. The summed E-state index contributed by atoms with van der Waals surface area (Å²) in [6.45, 7) is 2.29. The number of rotatable bonds is 5. The number of carbonyl (C=O) groups excluding carboxylic acids is 1. The molecule has 6 heteroatoms. The lowest BCUT2D eigenvalue weighted by atomic mass is 10.2. The molecule has 1 aromatic carbocycles. The van der Waals surface area contributed by atoms with Crippen molar-refractivity contribution < 1.29 is 4.79 Å². The lowest BCUT2D eigenvalue weighted by Gasteiger charge is -2.07. The van der Waals surface area contributed by atoms with Crippen molar-refractivity contribution in [3.63, 3.8) is 0 Å². The summed E-state index contributed by atoms with van der Waals surface area (Å²) in [7, 11) is 0. The van der Waals surface area contributed by atoms with Crippen molar-refractivity contribution in [1.29, 1.82) is 5.26 Å². The first kappa shape index (κ1) is 17.0. The first-order valence-electron chi connectivity index (χ1n) is 6.90. The van der Waals surface area contributed by atoms with Gasteiger partial charge in [-0.25, -0.2) is 0 Å². The van der Waals surface area contributed by atoms with Crippen molar-refractivity contribution in [2.24, 2.45) is 0 Å². The van der Waals surface area contributed by atoms with Gasteiger partial charge in [0.1, 0.15) is 11.6 Å². The molecule has 2 aromatic rings. The van der Waals surface area contributed by atoms with Crippen LogP contribution >= 0.6 is 22.6 Å². The Morgan fingerprint density at radius 3 is 2.91 bits per heavy atom. The molecule has 2 N–H and O–H groups in total. The van der Waals surface area contributed by atoms with Crippen LogP contribution in [0.1, 0.15) is 11.1 Å². The van der Waals surface area contributed by atoms with Crippen molar-refractivity contribution in [3.8, 4) is 6.07 Å². The molecule has 1 amide bonds. The molecule has 2 rings (SSSR count). The Kier molecular flexibility index (Phi) is 6.11. The van der Waals surface area contributed by atoms with Gasteiger partial charge in [-0.15, -0.1) is 0 Å². The Hall–Kier alpha value is -2.40. The molecule has 0 aliphatic heterocycles. The largest absolute Gasteiger partial charge is 0.360 e. The molecule has 0 aliphatic carbocycles. The third-order valence-electron chi connectivity index (χ3n) is 3.10. The second-order valence-corrected chi connectivity index (χ2v) is 6.06. The minimum Gasteiger partial charge on any atom is -0.360 e. The smallest absolute Gasteiger partial charge is 0.263 e. The van der Waals surface area contributed by atoms with Crippen LogP contribution < -0.4 is 10.6 Å². The number of amides is 1. The average Bonchev–Trinajstić information content (AvgIpc) is 2.56. The average molecular weight is 418 g/mol. The predicted octanol–water partition coefficient (Wildman–Crippen LogP) is 3.13. The number of halogens is 1. The van der Waals surface area contributed by atoms with Gasteiger partial charge >= 0.3 is 0 Å². The summed E-state index contributed by atoms with van der Waals surface area (Å²) in [6, 6.07) is 11.4. The summed E-state index contributed by atoms with van der Waals surface area (Å²) in [5.41, 5.74) is 2.80. The normalized spacial score (nSPS) is 10.7. The highest BCUT2D eigenvalue weighted by molar-refractivity contribution is 14.1. The molecule has 0 bridgehead atoms. The maximum atomic E-state index is 12.0. The minimum atomic E-state index is -0.424. The van der Waals surface area contributed by atoms with Crippen LogP contribution in [0.15, 0.2) is 54.5 Å². The number of nitrogens with zero attached hydrogens (tertiary/aromatic N) is 2. The molecule has 0 unspecified atom stereocenters. The Morgan fingerprint density at radius 1 is 1.43 bits per heavy atom. The summed E-state index contributed by atoms with van der Waals surface area (Å²) < 4.78 is 1.13. The van der Waals surface area contributed by atoms with Crippen LogP contribution in [-0.2, 0) is 11.3 Å². The molecule has 0 atom stereocenters. The molecular weight excluding hydrogens is 403 g/mol. The Balaban J connectivity index is 2.00. The highest BCUT2D eigenvalue weighted by atomic mass is 127. The Bertz CT molecular complexity index is 766. The van der Waals surface area contributed by atoms with Crippen LogP contribution in [0.25, 0.3) is 0 Å². The molecule has 1 aromatic heterocycles. The molecule has 23 heavy (non-hydrogen) atoms. The fourth-order valence-corrected chi connectivity index (χ4v) is 2.51. The molecule has 0 radical (unpaired) electrons. The number of anilines is 1. The van der Waals surface area contributed by atoms with Gasteiger partial charge in [-0.2, -0.15) is 5.26 Å². The summed E-state index contributed by atoms with van der Waals surface area (Å²) in [5.74, 6) is -0.424. The number of hydrogen-bond donors (Lipinski definition) is 2. The molecule has 0 aliphatic rings. The van der Waals surface area contributed by atoms with Crippen molar-refractivity contribution in [1.82, 2.24) is 10.3 Å². The lowest BCUT2D eigenvalue weighted by molar-refractivity contribution is -0.117. The van der Waals surface area contributed by atoms with E-state index >= 15 is 0 Å². The number of carbonyl (C=O) groups is 1. The van der Waals surface area contributed by atoms with E-state index in [2.05, 4.69) is 38.2 Å². The maximum Gasteiger partial charge on any atom is 0.263 e. The predicted molar refractivity (Wildman–Crippen MR) is 97.3 cm³/mol. The summed E-state index contributed by atoms with van der Waals surface area (Å²) in [4.78, 5) is 16.0. The summed E-state index contributed by atoms with van der Waals surface area (Å²) in [5, 5.41) is 14.9. The fraction of sp³-hybridized carbons (Fsp3) is 0.118. The Morgan fingerprint density at radius 2 is 2.26 bits per heavy atom. The molecule has 116 valence electrons. The zero-order valence-corrected chi connectivity index (χ0v) is 14.7. The number of pyridine rings is 1. The van der Waals surface area contributed by atoms with Crippen molar-refractivity contribution in [2.75, 3.05) is 5.32 Å². The number of nitriles is 1. The van der Waals surface area contributed by atoms with Gasteiger partial charge in [-0.3, -0.25) is 9.78 Å². The highest BCUT2D eigenvalue weighted by Gasteiger charge is 2.08. The van der Waals surface area contributed by atoms with E-state index in [1.807, 2.05) is 37.3 Å². The van der Waals surface area contributed by atoms with Gasteiger partial charge in [0, 0.05) is 34.4 Å². The van der Waals surface area contributed by atoms with E-state index in [1.165, 1.54) is 6.20 Å². The van der Waals surface area contributed by atoms with Crippen LogP contribution in [0.2, 0.25) is 0 Å². The summed E-state index contributed by atoms with van der Waals surface area (Å²) >= 11 is 2.23. The van der Waals surface area contributed by atoms with Gasteiger partial charge in [0.15, 0.2) is 0 Å². The van der Waals surface area contributed by atoms with E-state index in [4.69, 9.17) is 5.26 Å². The van der Waals surface area contributed by atoms with E-state index in [0.29, 0.717) is 6.54 Å². The zero-order chi connectivity index (χ0) is 16.7. The standard InChI is InChI=1S/C17H15IN4O/c1-12-7-15(18)4-5-16(12)21-11-14(8-19)17(23)22-10-13-3-2-6-20-9-13/h2-7,9,11,21H,10H2,1H3,(H,22,23)/b14-11-. The first-order chi connectivity index (χ1) is 11.1. The molecule has 0 saturated heterocycles. The van der Waals surface area contributed by atoms with Gasteiger partial charge in [0.2, 0.25) is 0 Å². The lowest BCUT2D eigenvalue weighted by Crippen LogP contribution is -2.24. The second-order valence-electron chi connectivity index (χ2n) is 4.82. The van der Waals surface area contributed by atoms with E-state index in [-0.39, 0.29) is 5.57 Å². The van der Waals surface area contributed by atoms with Crippen LogP contribution in [0, 0.1) is 21.8 Å². The Labute approximate surface area is 148 Å². The topological polar surface area (TPSA) is 77.8 Å². The maximum absolute atomic E-state index is 12.0. The van der Waals surface area contributed by atoms with Gasteiger partial charge < -0.3 is 10.6 Å². The molecule has 1 heterocycles. The monoisotopic (exact) mass is 418 g/mol. The van der Waals surface area contributed by atoms with E-state index < -0.39 is 5.91 Å². The third-order valence-corrected chi connectivity index (χ3v) is 3.77. The van der Waals surface area contributed by atoms with Crippen LogP contribution in [0.3, 0.4) is 0 Å². The van der Waals surface area contributed by atoms with Gasteiger partial charge in [0.05, 0.1) is 0 Å². The van der Waals surface area contributed by atoms with Crippen LogP contribution in [0.5, 0.6) is 0 Å². The number of benzene rings is 1. The van der Waals surface area contributed by atoms with Gasteiger partial charge in [-0.1, -0.05) is 6.07 Å². The molecular formula is C17H15IN4O. The molecule has 0 saturated carbocycles. The van der Waals surface area contributed by atoms with Crippen LogP contribution in [0.4, 0.5) is 5.69 Å². The van der Waals surface area contributed by atoms with Gasteiger partial charge in [-0.05, 0) is 64.9 Å². The van der Waals surface area contributed by atoms with E-state index in [9.17, 15) is 4.79 Å². The minimum absolute atomic E-state index is 0.0202. The van der Waals surface area contributed by atoms with E-state index in [1.54, 1.807) is 18.5 Å². The fourth-order valence-electron chi connectivity index (χ4n) is 1.87. The number of hydrogen-bond acceptors (Lipinski definition) is 4. The molecule has 0 spiro atoms. The third kappa shape index (κ3) is 5.07. The van der Waals surface area contributed by atoms with Crippen molar-refractivity contribution >= 4 is 34.2 Å². The molecule has 5 nitrogen and oxygen atoms in total. The van der Waals surface area contributed by atoms with Crippen LogP contribution in [-0.4, -0.2) is 10.9 Å². The van der Waals surface area contributed by atoms with Gasteiger partial charge in [0.25, 0.3) is 5.91 Å². The first-order valence-corrected chi connectivity index (χ1v) is 7.98. The highest BCUT2D eigenvalue weighted by Crippen LogP contribution is 2.17. The van der Waals surface area contributed by atoms with Crippen molar-refractivity contribution in [2.45, 2.75) is 13.5 Å². The SMILES string of the molecule is Cc1cc(I)ccc1N/C=C(/C#N)C(=O)NCc1cccnc1. The van der Waals surface area contributed by atoms with Crippen molar-refractivity contribution in [3.05, 3.63) is 69.2 Å². The number of aromatic nitrogens is 1. The second kappa shape index (κ2) is 8.29. The van der Waals surface area contributed by atoms with E-state index in [0.717, 1.165) is 20.4 Å².